The SMILES string of the molecule is COS(=O)/N=C/c1ccccc1. The second kappa shape index (κ2) is 4.79. The molecule has 12 heavy (non-hydrogen) atoms. The molecule has 1 atom stereocenters. The second-order valence-electron chi connectivity index (χ2n) is 2.03. The quantitative estimate of drug-likeness (QED) is 0.663. The van der Waals surface area contributed by atoms with Crippen LogP contribution in [-0.4, -0.2) is 17.5 Å². The fourth-order valence-corrected chi connectivity index (χ4v) is 0.980. The molecular formula is C8H9NO2S. The molecule has 3 nitrogen and oxygen atoms in total. The molecule has 0 radical (unpaired) electrons. The van der Waals surface area contributed by atoms with Crippen LogP contribution >= 0.6 is 0 Å². The number of rotatable bonds is 3. The Hall–Kier alpha value is -1.00. The fourth-order valence-electron chi connectivity index (χ4n) is 0.686. The first kappa shape index (κ1) is 9.09. The normalized spacial score (nSPS) is 13.4. The maximum atomic E-state index is 10.7. The summed E-state index contributed by atoms with van der Waals surface area (Å²) in [5.41, 5.74) is 0.905. The third-order valence-corrected chi connectivity index (χ3v) is 1.79. The molecule has 1 unspecified atom stereocenters. The molecule has 1 aromatic carbocycles. The summed E-state index contributed by atoms with van der Waals surface area (Å²) in [4.78, 5) is 0. The van der Waals surface area contributed by atoms with Gasteiger partial charge in [-0.1, -0.05) is 30.3 Å². The summed E-state index contributed by atoms with van der Waals surface area (Å²) in [5, 5.41) is 0. The summed E-state index contributed by atoms with van der Waals surface area (Å²) in [6.07, 6.45) is 1.51. The van der Waals surface area contributed by atoms with Crippen molar-refractivity contribution in [2.24, 2.45) is 4.40 Å². The molecule has 1 rings (SSSR count). The van der Waals surface area contributed by atoms with Gasteiger partial charge < -0.3 is 0 Å². The third-order valence-electron chi connectivity index (χ3n) is 1.23. The Bertz CT molecular complexity index is 284. The van der Waals surface area contributed by atoms with Crippen molar-refractivity contribution in [1.29, 1.82) is 0 Å². The van der Waals surface area contributed by atoms with E-state index in [-0.39, 0.29) is 0 Å². The highest BCUT2D eigenvalue weighted by atomic mass is 32.2. The number of nitrogens with zero attached hydrogens (tertiary/aromatic N) is 1. The van der Waals surface area contributed by atoms with Crippen LogP contribution in [0.25, 0.3) is 0 Å². The Morgan fingerprint density at radius 1 is 1.42 bits per heavy atom. The third kappa shape index (κ3) is 2.94. The van der Waals surface area contributed by atoms with Crippen molar-refractivity contribution in [1.82, 2.24) is 0 Å². The van der Waals surface area contributed by atoms with Gasteiger partial charge in [0, 0.05) is 6.21 Å². The zero-order chi connectivity index (χ0) is 8.81. The average Bonchev–Trinajstić information content (AvgIpc) is 2.16. The smallest absolute Gasteiger partial charge is 0.276 e. The van der Waals surface area contributed by atoms with Gasteiger partial charge in [0.15, 0.2) is 0 Å². The predicted octanol–water partition coefficient (Wildman–Crippen LogP) is 1.33. The minimum atomic E-state index is -1.56. The van der Waals surface area contributed by atoms with Gasteiger partial charge in [0.05, 0.1) is 7.11 Å². The van der Waals surface area contributed by atoms with E-state index in [1.165, 1.54) is 13.3 Å². The zero-order valence-electron chi connectivity index (χ0n) is 6.64. The molecule has 64 valence electrons. The topological polar surface area (TPSA) is 38.7 Å². The largest absolute Gasteiger partial charge is 0.284 e. The summed E-state index contributed by atoms with van der Waals surface area (Å²) in [7, 11) is 1.35. The van der Waals surface area contributed by atoms with Gasteiger partial charge in [-0.3, -0.25) is 4.18 Å². The Labute approximate surface area is 73.9 Å². The number of hydrogen-bond acceptors (Lipinski definition) is 2. The molecule has 0 aliphatic carbocycles. The highest BCUT2D eigenvalue weighted by Crippen LogP contribution is 1.94. The number of hydrogen-bond donors (Lipinski definition) is 0. The summed E-state index contributed by atoms with van der Waals surface area (Å²) in [6, 6.07) is 9.42. The number of benzene rings is 1. The van der Waals surface area contributed by atoms with Crippen molar-refractivity contribution in [2.75, 3.05) is 7.11 Å². The molecule has 0 saturated carbocycles. The van der Waals surface area contributed by atoms with E-state index in [0.717, 1.165) is 5.56 Å². The van der Waals surface area contributed by atoms with Crippen molar-refractivity contribution < 1.29 is 8.39 Å². The van der Waals surface area contributed by atoms with Crippen LogP contribution in [0.3, 0.4) is 0 Å². The maximum absolute atomic E-state index is 10.7. The molecule has 0 spiro atoms. The van der Waals surface area contributed by atoms with E-state index >= 15 is 0 Å². The molecule has 0 aromatic heterocycles. The van der Waals surface area contributed by atoms with Crippen molar-refractivity contribution in [3.63, 3.8) is 0 Å². The highest BCUT2D eigenvalue weighted by molar-refractivity contribution is 7.78. The molecule has 4 heteroatoms. The van der Waals surface area contributed by atoms with Gasteiger partial charge in [-0.25, -0.2) is 4.21 Å². The first-order valence-corrected chi connectivity index (χ1v) is 4.41. The Kier molecular flexibility index (Phi) is 3.63. The van der Waals surface area contributed by atoms with Crippen LogP contribution < -0.4 is 0 Å². The van der Waals surface area contributed by atoms with Crippen LogP contribution in [0, 0.1) is 0 Å². The van der Waals surface area contributed by atoms with E-state index < -0.39 is 11.3 Å². The average molecular weight is 183 g/mol. The van der Waals surface area contributed by atoms with E-state index in [0.29, 0.717) is 0 Å². The van der Waals surface area contributed by atoms with E-state index in [9.17, 15) is 4.21 Å². The van der Waals surface area contributed by atoms with Crippen LogP contribution in [0.4, 0.5) is 0 Å². The lowest BCUT2D eigenvalue weighted by Crippen LogP contribution is -1.88. The highest BCUT2D eigenvalue weighted by Gasteiger charge is 1.88. The second-order valence-corrected chi connectivity index (χ2v) is 3.01. The Morgan fingerprint density at radius 2 is 2.08 bits per heavy atom. The van der Waals surface area contributed by atoms with Gasteiger partial charge in [-0.15, -0.1) is 0 Å². The van der Waals surface area contributed by atoms with Gasteiger partial charge in [-0.05, 0) is 5.56 Å². The first-order chi connectivity index (χ1) is 5.83. The summed E-state index contributed by atoms with van der Waals surface area (Å²) in [5.74, 6) is 0. The lowest BCUT2D eigenvalue weighted by Gasteiger charge is -1.89. The monoisotopic (exact) mass is 183 g/mol. The van der Waals surface area contributed by atoms with Gasteiger partial charge in [0.25, 0.3) is 11.3 Å². The van der Waals surface area contributed by atoms with Crippen LogP contribution in [0.1, 0.15) is 5.56 Å². The van der Waals surface area contributed by atoms with Gasteiger partial charge in [-0.2, -0.15) is 4.40 Å². The van der Waals surface area contributed by atoms with E-state index in [2.05, 4.69) is 8.58 Å². The lowest BCUT2D eigenvalue weighted by molar-refractivity contribution is 0.447. The molecule has 0 N–H and O–H groups in total. The first-order valence-electron chi connectivity index (χ1n) is 3.38. The van der Waals surface area contributed by atoms with Crippen LogP contribution in [0.2, 0.25) is 0 Å². The van der Waals surface area contributed by atoms with E-state index in [4.69, 9.17) is 0 Å². The van der Waals surface area contributed by atoms with Crippen LogP contribution in [-0.2, 0) is 15.4 Å². The molecule has 0 bridgehead atoms. The Morgan fingerprint density at radius 3 is 2.67 bits per heavy atom. The molecule has 1 aromatic rings. The summed E-state index contributed by atoms with van der Waals surface area (Å²) in [6.45, 7) is 0. The molecule has 0 saturated heterocycles. The molecular weight excluding hydrogens is 174 g/mol. The minimum absolute atomic E-state index is 0.905. The van der Waals surface area contributed by atoms with E-state index in [1.54, 1.807) is 0 Å². The van der Waals surface area contributed by atoms with Crippen molar-refractivity contribution in [2.45, 2.75) is 0 Å². The lowest BCUT2D eigenvalue weighted by atomic mass is 10.2. The van der Waals surface area contributed by atoms with Crippen molar-refractivity contribution >= 4 is 17.5 Å². The van der Waals surface area contributed by atoms with Crippen LogP contribution in [0.15, 0.2) is 34.7 Å². The Balaban J connectivity index is 2.64. The zero-order valence-corrected chi connectivity index (χ0v) is 7.45. The standard InChI is InChI=1S/C8H9NO2S/c1-11-12(10)9-7-8-5-3-2-4-6-8/h2-7H,1H3/b9-7+. The van der Waals surface area contributed by atoms with Crippen molar-refractivity contribution in [3.05, 3.63) is 35.9 Å². The molecule has 0 fully saturated rings. The van der Waals surface area contributed by atoms with Gasteiger partial charge in [0.1, 0.15) is 0 Å². The predicted molar refractivity (Wildman–Crippen MR) is 49.2 cm³/mol. The van der Waals surface area contributed by atoms with Gasteiger partial charge >= 0.3 is 0 Å². The summed E-state index contributed by atoms with van der Waals surface area (Å²) < 4.78 is 18.8. The molecule has 0 aliphatic rings. The fraction of sp³-hybridized carbons (Fsp3) is 0.125. The maximum Gasteiger partial charge on any atom is 0.284 e. The van der Waals surface area contributed by atoms with Crippen LogP contribution in [0.5, 0.6) is 0 Å². The summed E-state index contributed by atoms with van der Waals surface area (Å²) >= 11 is -1.56. The molecule has 0 heterocycles. The molecule has 0 amide bonds. The van der Waals surface area contributed by atoms with Gasteiger partial charge in [0.2, 0.25) is 0 Å². The van der Waals surface area contributed by atoms with E-state index in [1.807, 2.05) is 30.3 Å². The minimum Gasteiger partial charge on any atom is -0.276 e. The van der Waals surface area contributed by atoms with Crippen molar-refractivity contribution in [3.8, 4) is 0 Å². The molecule has 0 aliphatic heterocycles.